The third kappa shape index (κ3) is 3.66. The summed E-state index contributed by atoms with van der Waals surface area (Å²) in [5.41, 5.74) is 7.92. The first-order valence-corrected chi connectivity index (χ1v) is 12.9. The van der Waals surface area contributed by atoms with Crippen LogP contribution in [0, 0.1) is 34.9 Å². The number of aromatic nitrogens is 1. The van der Waals surface area contributed by atoms with E-state index < -0.39 is 11.5 Å². The molecule has 5 aliphatic rings. The van der Waals surface area contributed by atoms with E-state index >= 15 is 0 Å². The van der Waals surface area contributed by atoms with Crippen molar-refractivity contribution in [3.8, 4) is 0 Å². The molecule has 1 aromatic heterocycles. The van der Waals surface area contributed by atoms with Crippen molar-refractivity contribution in [3.63, 3.8) is 0 Å². The van der Waals surface area contributed by atoms with Crippen LogP contribution in [0.25, 0.3) is 0 Å². The molecular formula is C28H33FN4O2. The molecule has 0 spiro atoms. The summed E-state index contributed by atoms with van der Waals surface area (Å²) in [7, 11) is 0. The normalized spacial score (nSPS) is 32.6. The summed E-state index contributed by atoms with van der Waals surface area (Å²) in [6, 6.07) is 9.65. The van der Waals surface area contributed by atoms with Gasteiger partial charge in [-0.05, 0) is 92.0 Å². The first kappa shape index (κ1) is 22.7. The SMILES string of the molecule is NC(C(=O)NCC1(c2ccc(F)cc2)CCC1)C1C2CC3CC1C(C(=O)Nc1ccncc1)(C3)C2. The number of anilines is 1. The molecule has 0 saturated heterocycles. The Labute approximate surface area is 205 Å². The molecule has 6 atom stereocenters. The van der Waals surface area contributed by atoms with Crippen LogP contribution in [0.5, 0.6) is 0 Å². The van der Waals surface area contributed by atoms with Gasteiger partial charge >= 0.3 is 0 Å². The Kier molecular flexibility index (Phi) is 5.44. The lowest BCUT2D eigenvalue weighted by molar-refractivity contribution is -0.128. The van der Waals surface area contributed by atoms with E-state index in [9.17, 15) is 14.0 Å². The molecule has 2 amide bonds. The van der Waals surface area contributed by atoms with E-state index in [0.29, 0.717) is 18.4 Å². The molecule has 5 saturated carbocycles. The van der Waals surface area contributed by atoms with E-state index in [4.69, 9.17) is 5.73 Å². The van der Waals surface area contributed by atoms with Crippen molar-refractivity contribution in [2.24, 2.45) is 34.8 Å². The van der Waals surface area contributed by atoms with Crippen LogP contribution < -0.4 is 16.4 Å². The van der Waals surface area contributed by atoms with Gasteiger partial charge in [0.25, 0.3) is 0 Å². The highest BCUT2D eigenvalue weighted by Gasteiger charge is 2.67. The Morgan fingerprint density at radius 1 is 1.09 bits per heavy atom. The van der Waals surface area contributed by atoms with Gasteiger partial charge in [0.15, 0.2) is 0 Å². The Morgan fingerprint density at radius 3 is 2.51 bits per heavy atom. The number of halogens is 1. The van der Waals surface area contributed by atoms with Gasteiger partial charge in [0.1, 0.15) is 5.82 Å². The van der Waals surface area contributed by atoms with Crippen LogP contribution in [0.4, 0.5) is 10.1 Å². The maximum Gasteiger partial charge on any atom is 0.237 e. The minimum Gasteiger partial charge on any atom is -0.354 e. The Balaban J connectivity index is 1.15. The topological polar surface area (TPSA) is 97.1 Å². The zero-order valence-corrected chi connectivity index (χ0v) is 19.9. The van der Waals surface area contributed by atoms with Crippen LogP contribution in [0.3, 0.4) is 0 Å². The monoisotopic (exact) mass is 476 g/mol. The van der Waals surface area contributed by atoms with Crippen LogP contribution in [0.2, 0.25) is 0 Å². The predicted octanol–water partition coefficient (Wildman–Crippen LogP) is 3.78. The number of rotatable bonds is 7. The lowest BCUT2D eigenvalue weighted by Crippen LogP contribution is -2.53. The molecule has 184 valence electrons. The molecule has 4 bridgehead atoms. The molecule has 1 aromatic carbocycles. The molecule has 6 nitrogen and oxygen atoms in total. The second kappa shape index (κ2) is 8.40. The van der Waals surface area contributed by atoms with E-state index in [0.717, 1.165) is 56.2 Å². The number of carbonyl (C=O) groups excluding carboxylic acids is 2. The fraction of sp³-hybridized carbons (Fsp3) is 0.536. The predicted molar refractivity (Wildman–Crippen MR) is 131 cm³/mol. The zero-order valence-electron chi connectivity index (χ0n) is 19.9. The van der Waals surface area contributed by atoms with Crippen molar-refractivity contribution in [2.75, 3.05) is 11.9 Å². The van der Waals surface area contributed by atoms with Gasteiger partial charge in [-0.2, -0.15) is 0 Å². The maximum absolute atomic E-state index is 13.5. The van der Waals surface area contributed by atoms with Gasteiger partial charge in [-0.1, -0.05) is 18.6 Å². The molecule has 2 aromatic rings. The number of nitrogens with zero attached hydrogens (tertiary/aromatic N) is 1. The van der Waals surface area contributed by atoms with Gasteiger partial charge in [0.2, 0.25) is 11.8 Å². The van der Waals surface area contributed by atoms with Crippen molar-refractivity contribution < 1.29 is 14.0 Å². The van der Waals surface area contributed by atoms with Crippen LogP contribution >= 0.6 is 0 Å². The Bertz CT molecular complexity index is 1120. The van der Waals surface area contributed by atoms with Gasteiger partial charge in [-0.15, -0.1) is 0 Å². The first-order chi connectivity index (χ1) is 16.9. The third-order valence-corrected chi connectivity index (χ3v) is 9.70. The van der Waals surface area contributed by atoms with Crippen LogP contribution in [0.1, 0.15) is 50.5 Å². The highest BCUT2D eigenvalue weighted by molar-refractivity contribution is 5.96. The number of carbonyl (C=O) groups is 2. The van der Waals surface area contributed by atoms with E-state index in [2.05, 4.69) is 15.6 Å². The summed E-state index contributed by atoms with van der Waals surface area (Å²) in [4.78, 5) is 30.9. The highest BCUT2D eigenvalue weighted by atomic mass is 19.1. The minimum atomic E-state index is -0.620. The van der Waals surface area contributed by atoms with E-state index in [1.807, 2.05) is 24.3 Å². The average Bonchev–Trinajstić information content (AvgIpc) is 3.22. The molecular weight excluding hydrogens is 443 g/mol. The number of amides is 2. The van der Waals surface area contributed by atoms with Crippen molar-refractivity contribution >= 4 is 17.5 Å². The van der Waals surface area contributed by atoms with E-state index in [1.165, 1.54) is 12.1 Å². The van der Waals surface area contributed by atoms with Gasteiger partial charge in [0, 0.05) is 30.0 Å². The van der Waals surface area contributed by atoms with E-state index in [-0.39, 0.29) is 34.9 Å². The number of pyridine rings is 1. The quantitative estimate of drug-likeness (QED) is 0.567. The molecule has 0 radical (unpaired) electrons. The number of nitrogens with one attached hydrogen (secondary N) is 2. The third-order valence-electron chi connectivity index (χ3n) is 9.70. The standard InChI is InChI=1S/C28H33FN4O2/c29-20-4-2-19(3-5-20)27(8-1-9-27)16-32-25(34)24(30)23-18-12-17-13-22(23)28(14-17,15-18)26(35)33-21-6-10-31-11-7-21/h2-7,10-11,17-18,22-24H,1,8-9,12-16,30H2,(H,32,34)(H,31,33,35). The van der Waals surface area contributed by atoms with Gasteiger partial charge in [-0.3, -0.25) is 14.6 Å². The smallest absolute Gasteiger partial charge is 0.237 e. The van der Waals surface area contributed by atoms with Crippen molar-refractivity contribution in [1.82, 2.24) is 10.3 Å². The van der Waals surface area contributed by atoms with Crippen molar-refractivity contribution in [1.29, 1.82) is 0 Å². The summed E-state index contributed by atoms with van der Waals surface area (Å²) in [5, 5.41) is 6.26. The van der Waals surface area contributed by atoms with Crippen molar-refractivity contribution in [2.45, 2.75) is 56.4 Å². The zero-order chi connectivity index (χ0) is 24.2. The summed E-state index contributed by atoms with van der Waals surface area (Å²) in [5.74, 6) is 0.729. The first-order valence-electron chi connectivity index (χ1n) is 12.9. The minimum absolute atomic E-state index is 0.0279. The van der Waals surface area contributed by atoms with Crippen molar-refractivity contribution in [3.05, 3.63) is 60.2 Å². The van der Waals surface area contributed by atoms with Gasteiger partial charge < -0.3 is 16.4 Å². The average molecular weight is 477 g/mol. The van der Waals surface area contributed by atoms with Gasteiger partial charge in [-0.25, -0.2) is 4.39 Å². The Morgan fingerprint density at radius 2 is 1.83 bits per heavy atom. The summed E-state index contributed by atoms with van der Waals surface area (Å²) in [6.07, 6.45) is 10.1. The fourth-order valence-electron chi connectivity index (χ4n) is 7.99. The molecule has 5 fully saturated rings. The summed E-state index contributed by atoms with van der Waals surface area (Å²) < 4.78 is 13.4. The molecule has 35 heavy (non-hydrogen) atoms. The number of hydrogen-bond donors (Lipinski definition) is 3. The second-order valence-corrected chi connectivity index (χ2v) is 11.4. The maximum atomic E-state index is 13.5. The highest BCUT2D eigenvalue weighted by Crippen LogP contribution is 2.68. The molecule has 4 N–H and O–H groups in total. The van der Waals surface area contributed by atoms with Crippen LogP contribution in [-0.4, -0.2) is 29.4 Å². The van der Waals surface area contributed by atoms with Gasteiger partial charge in [0.05, 0.1) is 11.5 Å². The van der Waals surface area contributed by atoms with Crippen LogP contribution in [0.15, 0.2) is 48.8 Å². The second-order valence-electron chi connectivity index (χ2n) is 11.4. The molecule has 7 heteroatoms. The molecule has 7 rings (SSSR count). The molecule has 0 aliphatic heterocycles. The lowest BCUT2D eigenvalue weighted by atomic mass is 9.64. The number of hydrogen-bond acceptors (Lipinski definition) is 4. The molecule has 6 unspecified atom stereocenters. The summed E-state index contributed by atoms with van der Waals surface area (Å²) in [6.45, 7) is 0.517. The summed E-state index contributed by atoms with van der Waals surface area (Å²) >= 11 is 0. The lowest BCUT2D eigenvalue weighted by Gasteiger charge is -2.43. The van der Waals surface area contributed by atoms with Crippen LogP contribution in [-0.2, 0) is 15.0 Å². The molecule has 1 heterocycles. The number of nitrogens with two attached hydrogens (primary N) is 1. The fourth-order valence-corrected chi connectivity index (χ4v) is 7.99. The number of benzene rings is 1. The van der Waals surface area contributed by atoms with E-state index in [1.54, 1.807) is 12.4 Å². The largest absolute Gasteiger partial charge is 0.354 e. The Hall–Kier alpha value is -2.80. The molecule has 5 aliphatic carbocycles.